The normalized spacial score (nSPS) is 18.2. The summed E-state index contributed by atoms with van der Waals surface area (Å²) >= 11 is 0. The maximum Gasteiger partial charge on any atom is 0.410 e. The molecule has 38 heavy (non-hydrogen) atoms. The Morgan fingerprint density at radius 2 is 1.71 bits per heavy atom. The summed E-state index contributed by atoms with van der Waals surface area (Å²) in [5.74, 6) is -0.0729. The molecular formula is C30H36N4O4. The minimum atomic E-state index is -0.864. The number of pyridine rings is 2. The summed E-state index contributed by atoms with van der Waals surface area (Å²) in [7, 11) is 1.77. The van der Waals surface area contributed by atoms with Crippen LogP contribution in [0.4, 0.5) is 4.79 Å². The van der Waals surface area contributed by atoms with Crippen LogP contribution in [0.25, 0.3) is 0 Å². The van der Waals surface area contributed by atoms with Gasteiger partial charge in [-0.3, -0.25) is 19.7 Å². The van der Waals surface area contributed by atoms with Crippen LogP contribution in [0.3, 0.4) is 0 Å². The molecule has 1 aliphatic rings. The number of rotatable bonds is 7. The number of likely N-dealkylation sites (tertiary alicyclic amines) is 1. The van der Waals surface area contributed by atoms with Crippen LogP contribution in [-0.2, 0) is 17.7 Å². The Bertz CT molecular complexity index is 1210. The highest BCUT2D eigenvalue weighted by atomic mass is 16.6. The van der Waals surface area contributed by atoms with E-state index in [1.807, 2.05) is 63.2 Å². The molecule has 4 rings (SSSR count). The Labute approximate surface area is 224 Å². The maximum atomic E-state index is 13.3. The monoisotopic (exact) mass is 516 g/mol. The van der Waals surface area contributed by atoms with Crippen LogP contribution in [0.5, 0.6) is 0 Å². The molecule has 0 spiro atoms. The Hall–Kier alpha value is -3.78. The summed E-state index contributed by atoms with van der Waals surface area (Å²) in [4.78, 5) is 37.8. The lowest BCUT2D eigenvalue weighted by atomic mass is 10.0. The minimum absolute atomic E-state index is 0.0729. The molecule has 1 saturated heterocycles. The lowest BCUT2D eigenvalue weighted by molar-refractivity contribution is -0.00458. The van der Waals surface area contributed by atoms with Crippen LogP contribution < -0.4 is 0 Å². The van der Waals surface area contributed by atoms with Crippen molar-refractivity contribution in [1.29, 1.82) is 0 Å². The first-order valence-electron chi connectivity index (χ1n) is 12.9. The summed E-state index contributed by atoms with van der Waals surface area (Å²) < 4.78 is 5.74. The van der Waals surface area contributed by atoms with E-state index in [1.165, 1.54) is 0 Å². The van der Waals surface area contributed by atoms with E-state index in [0.29, 0.717) is 30.5 Å². The van der Waals surface area contributed by atoms with Gasteiger partial charge in [0, 0.05) is 55.5 Å². The average Bonchev–Trinajstić information content (AvgIpc) is 3.32. The van der Waals surface area contributed by atoms with Gasteiger partial charge in [-0.05, 0) is 75.4 Å². The van der Waals surface area contributed by atoms with Gasteiger partial charge in [0.05, 0.1) is 6.04 Å². The van der Waals surface area contributed by atoms with Gasteiger partial charge in [0.25, 0.3) is 5.91 Å². The second-order valence-electron chi connectivity index (χ2n) is 10.8. The molecule has 1 N–H and O–H groups in total. The Balaban J connectivity index is 1.47. The lowest BCUT2D eigenvalue weighted by Gasteiger charge is -2.34. The third-order valence-electron chi connectivity index (χ3n) is 6.70. The van der Waals surface area contributed by atoms with Gasteiger partial charge in [0.1, 0.15) is 11.7 Å². The number of amides is 2. The molecule has 0 radical (unpaired) electrons. The van der Waals surface area contributed by atoms with Crippen LogP contribution in [-0.4, -0.2) is 61.6 Å². The average molecular weight is 517 g/mol. The molecule has 3 aromatic rings. The number of carbonyl (C=O) groups is 2. The van der Waals surface area contributed by atoms with Gasteiger partial charge in [-0.25, -0.2) is 4.79 Å². The van der Waals surface area contributed by atoms with E-state index in [1.54, 1.807) is 47.7 Å². The van der Waals surface area contributed by atoms with Crippen LogP contribution in [0, 0.1) is 0 Å². The van der Waals surface area contributed by atoms with Crippen molar-refractivity contribution in [1.82, 2.24) is 19.8 Å². The molecular weight excluding hydrogens is 480 g/mol. The highest BCUT2D eigenvalue weighted by molar-refractivity contribution is 5.94. The second kappa shape index (κ2) is 11.7. The quantitative estimate of drug-likeness (QED) is 0.485. The third kappa shape index (κ3) is 6.75. The van der Waals surface area contributed by atoms with Crippen molar-refractivity contribution in [3.63, 3.8) is 0 Å². The van der Waals surface area contributed by atoms with Crippen molar-refractivity contribution in [3.8, 4) is 0 Å². The summed E-state index contributed by atoms with van der Waals surface area (Å²) in [6.45, 7) is 5.98. The number of benzene rings is 1. The van der Waals surface area contributed by atoms with Gasteiger partial charge in [0.2, 0.25) is 0 Å². The number of hydrogen-bond acceptors (Lipinski definition) is 6. The van der Waals surface area contributed by atoms with E-state index >= 15 is 0 Å². The van der Waals surface area contributed by atoms with Gasteiger partial charge < -0.3 is 14.7 Å². The Morgan fingerprint density at radius 3 is 2.32 bits per heavy atom. The summed E-state index contributed by atoms with van der Waals surface area (Å²) in [5.41, 5.74) is 2.58. The standard InChI is InChI=1S/C30H36N4O4/c1-30(2,3)38-29(37)34-25(13-14-26(34)27(35)24-8-6-16-32-19-24)17-21-9-11-23(12-10-21)28(36)33(4)20-22-7-5-15-31-18-22/h5-12,15-16,18-19,25-27,35H,13-14,17,20H2,1-4H3/t25-,26+,27+/m0/s1. The van der Waals surface area contributed by atoms with Gasteiger partial charge in [-0.1, -0.05) is 24.3 Å². The van der Waals surface area contributed by atoms with E-state index in [-0.39, 0.29) is 11.9 Å². The fourth-order valence-corrected chi connectivity index (χ4v) is 4.91. The van der Waals surface area contributed by atoms with Crippen molar-refractivity contribution in [2.45, 2.75) is 70.4 Å². The minimum Gasteiger partial charge on any atom is -0.444 e. The van der Waals surface area contributed by atoms with Crippen molar-refractivity contribution >= 4 is 12.0 Å². The van der Waals surface area contributed by atoms with E-state index in [4.69, 9.17) is 4.74 Å². The molecule has 1 fully saturated rings. The van der Waals surface area contributed by atoms with Crippen LogP contribution in [0.2, 0.25) is 0 Å². The SMILES string of the molecule is CN(Cc1cccnc1)C(=O)c1ccc(C[C@@H]2CC[C@H]([C@H](O)c3cccnc3)N2C(=O)OC(C)(C)C)cc1. The van der Waals surface area contributed by atoms with E-state index in [9.17, 15) is 14.7 Å². The second-order valence-corrected chi connectivity index (χ2v) is 10.8. The number of nitrogens with zero attached hydrogens (tertiary/aromatic N) is 4. The summed E-state index contributed by atoms with van der Waals surface area (Å²) in [5, 5.41) is 11.1. The highest BCUT2D eigenvalue weighted by Gasteiger charge is 2.43. The fraction of sp³-hybridized carbons (Fsp3) is 0.400. The molecule has 2 aromatic heterocycles. The van der Waals surface area contributed by atoms with E-state index in [0.717, 1.165) is 17.5 Å². The zero-order valence-electron chi connectivity index (χ0n) is 22.4. The Kier molecular flexibility index (Phi) is 8.42. The summed E-state index contributed by atoms with van der Waals surface area (Å²) in [6, 6.07) is 14.4. The third-order valence-corrected chi connectivity index (χ3v) is 6.70. The Morgan fingerprint density at radius 1 is 1.03 bits per heavy atom. The lowest BCUT2D eigenvalue weighted by Crippen LogP contribution is -2.47. The van der Waals surface area contributed by atoms with Crippen molar-refractivity contribution in [2.24, 2.45) is 0 Å². The number of hydrogen-bond donors (Lipinski definition) is 1. The van der Waals surface area contributed by atoms with Crippen LogP contribution in [0.15, 0.2) is 73.3 Å². The van der Waals surface area contributed by atoms with Crippen molar-refractivity contribution in [3.05, 3.63) is 95.6 Å². The van der Waals surface area contributed by atoms with Gasteiger partial charge in [-0.15, -0.1) is 0 Å². The first-order chi connectivity index (χ1) is 18.1. The van der Waals surface area contributed by atoms with E-state index < -0.39 is 23.8 Å². The topological polar surface area (TPSA) is 95.9 Å². The molecule has 8 nitrogen and oxygen atoms in total. The summed E-state index contributed by atoms with van der Waals surface area (Å²) in [6.07, 6.45) is 7.43. The van der Waals surface area contributed by atoms with Crippen molar-refractivity contribution in [2.75, 3.05) is 7.05 Å². The number of carbonyl (C=O) groups excluding carboxylic acids is 2. The predicted molar refractivity (Wildman–Crippen MR) is 144 cm³/mol. The fourth-order valence-electron chi connectivity index (χ4n) is 4.91. The number of ether oxygens (including phenoxy) is 1. The van der Waals surface area contributed by atoms with Gasteiger partial charge in [-0.2, -0.15) is 0 Å². The number of aliphatic hydroxyl groups is 1. The van der Waals surface area contributed by atoms with Crippen molar-refractivity contribution < 1.29 is 19.4 Å². The molecule has 0 aliphatic carbocycles. The number of aliphatic hydroxyl groups excluding tert-OH is 1. The highest BCUT2D eigenvalue weighted by Crippen LogP contribution is 2.35. The van der Waals surface area contributed by atoms with Crippen LogP contribution in [0.1, 0.15) is 66.8 Å². The molecule has 200 valence electrons. The molecule has 1 aliphatic heterocycles. The largest absolute Gasteiger partial charge is 0.444 e. The van der Waals surface area contributed by atoms with Crippen LogP contribution >= 0.6 is 0 Å². The molecule has 0 unspecified atom stereocenters. The van der Waals surface area contributed by atoms with E-state index in [2.05, 4.69) is 9.97 Å². The first-order valence-corrected chi connectivity index (χ1v) is 12.9. The molecule has 3 heterocycles. The zero-order valence-corrected chi connectivity index (χ0v) is 22.4. The molecule has 0 saturated carbocycles. The number of aromatic nitrogens is 2. The molecule has 2 amide bonds. The molecule has 1 aromatic carbocycles. The zero-order chi connectivity index (χ0) is 27.3. The predicted octanol–water partition coefficient (Wildman–Crippen LogP) is 4.79. The smallest absolute Gasteiger partial charge is 0.410 e. The first kappa shape index (κ1) is 27.3. The maximum absolute atomic E-state index is 13.3. The molecule has 8 heteroatoms. The van der Waals surface area contributed by atoms with Gasteiger partial charge in [0.15, 0.2) is 0 Å². The molecule has 0 bridgehead atoms. The molecule has 3 atom stereocenters. The van der Waals surface area contributed by atoms with Gasteiger partial charge >= 0.3 is 6.09 Å².